The van der Waals surface area contributed by atoms with E-state index in [4.69, 9.17) is 4.74 Å². The third kappa shape index (κ3) is 2.44. The van der Waals surface area contributed by atoms with Gasteiger partial charge in [0.15, 0.2) is 12.5 Å². The maximum Gasteiger partial charge on any atom is 0.171 e. The Morgan fingerprint density at radius 1 is 1.08 bits per heavy atom. The lowest BCUT2D eigenvalue weighted by molar-refractivity contribution is 0.205. The van der Waals surface area contributed by atoms with E-state index in [2.05, 4.69) is 29.2 Å². The van der Waals surface area contributed by atoms with E-state index in [0.29, 0.717) is 0 Å². The summed E-state index contributed by atoms with van der Waals surface area (Å²) in [6, 6.07) is 12.4. The number of nitrogens with zero attached hydrogens (tertiary/aromatic N) is 4. The lowest BCUT2D eigenvalue weighted by atomic mass is 9.96. The van der Waals surface area contributed by atoms with E-state index < -0.39 is 0 Å². The van der Waals surface area contributed by atoms with Gasteiger partial charge in [0.25, 0.3) is 0 Å². The van der Waals surface area contributed by atoms with Gasteiger partial charge in [-0.25, -0.2) is 14.1 Å². The second-order valence-corrected chi connectivity index (χ2v) is 6.18. The van der Waals surface area contributed by atoms with Crippen LogP contribution in [0.25, 0.3) is 11.0 Å². The van der Waals surface area contributed by atoms with Crippen molar-refractivity contribution in [2.45, 2.75) is 32.0 Å². The molecule has 0 N–H and O–H groups in total. The predicted octanol–water partition coefficient (Wildman–Crippen LogP) is 3.99. The fourth-order valence-corrected chi connectivity index (χ4v) is 3.01. The summed E-state index contributed by atoms with van der Waals surface area (Å²) < 4.78 is 20.8. The van der Waals surface area contributed by atoms with Crippen molar-refractivity contribution in [2.75, 3.05) is 0 Å². The minimum Gasteiger partial charge on any atom is -0.473 e. The first-order chi connectivity index (χ1) is 11.6. The third-order valence-electron chi connectivity index (χ3n) is 4.24. The summed E-state index contributed by atoms with van der Waals surface area (Å²) in [5, 5.41) is 8.40. The fourth-order valence-electron chi connectivity index (χ4n) is 3.01. The summed E-state index contributed by atoms with van der Waals surface area (Å²) in [4.78, 5) is 4.41. The van der Waals surface area contributed by atoms with Gasteiger partial charge in [-0.1, -0.05) is 23.4 Å². The minimum atomic E-state index is -0.258. The maximum absolute atomic E-state index is 13.2. The minimum absolute atomic E-state index is 0.188. The van der Waals surface area contributed by atoms with Gasteiger partial charge in [-0.3, -0.25) is 0 Å². The molecule has 1 aliphatic rings. The molecule has 6 heteroatoms. The van der Waals surface area contributed by atoms with Crippen LogP contribution in [0.1, 0.15) is 43.2 Å². The van der Waals surface area contributed by atoms with Crippen molar-refractivity contribution < 1.29 is 9.13 Å². The summed E-state index contributed by atoms with van der Waals surface area (Å²) in [5.41, 5.74) is 3.74. The van der Waals surface area contributed by atoms with E-state index in [9.17, 15) is 4.39 Å². The van der Waals surface area contributed by atoms with Gasteiger partial charge in [-0.15, -0.1) is 5.10 Å². The quantitative estimate of drug-likeness (QED) is 0.732. The largest absolute Gasteiger partial charge is 0.473 e. The molecule has 0 amide bonds. The lowest BCUT2D eigenvalue weighted by Gasteiger charge is -2.18. The molecule has 122 valence electrons. The zero-order valence-electron chi connectivity index (χ0n) is 13.4. The van der Waals surface area contributed by atoms with Crippen LogP contribution in [0.2, 0.25) is 0 Å². The zero-order chi connectivity index (χ0) is 16.7. The number of rotatable bonds is 3. The monoisotopic (exact) mass is 324 g/mol. The third-order valence-corrected chi connectivity index (χ3v) is 4.24. The number of benzene rings is 2. The molecule has 0 saturated carbocycles. The van der Waals surface area contributed by atoms with Gasteiger partial charge in [-0.05, 0) is 49.2 Å². The molecule has 0 saturated heterocycles. The summed E-state index contributed by atoms with van der Waals surface area (Å²) in [6.07, 6.45) is 1.23. The van der Waals surface area contributed by atoms with Crippen molar-refractivity contribution >= 4 is 17.4 Å². The molecular formula is C18H17FN4O. The highest BCUT2D eigenvalue weighted by Gasteiger charge is 2.30. The average molecular weight is 324 g/mol. The molecule has 0 aliphatic carbocycles. The predicted molar refractivity (Wildman–Crippen MR) is 89.4 cm³/mol. The van der Waals surface area contributed by atoms with Crippen LogP contribution in [0, 0.1) is 5.82 Å². The van der Waals surface area contributed by atoms with Gasteiger partial charge in [0.2, 0.25) is 0 Å². The first kappa shape index (κ1) is 14.8. The molecule has 1 aromatic heterocycles. The van der Waals surface area contributed by atoms with Crippen molar-refractivity contribution in [3.63, 3.8) is 0 Å². The first-order valence-electron chi connectivity index (χ1n) is 7.91. The molecule has 4 rings (SSSR count). The number of hydrogen-bond acceptors (Lipinski definition) is 4. The Morgan fingerprint density at radius 2 is 1.83 bits per heavy atom. The summed E-state index contributed by atoms with van der Waals surface area (Å²) in [5.74, 6) is -0.258. The number of halogens is 1. The van der Waals surface area contributed by atoms with E-state index in [-0.39, 0.29) is 24.0 Å². The highest BCUT2D eigenvalue weighted by Crippen LogP contribution is 2.39. The molecule has 3 aromatic rings. The molecule has 2 atom stereocenters. The molecule has 0 fully saturated rings. The topological polar surface area (TPSA) is 52.3 Å². The maximum atomic E-state index is 13.2. The van der Waals surface area contributed by atoms with Gasteiger partial charge in [-0.2, -0.15) is 0 Å². The Kier molecular flexibility index (Phi) is 3.52. The molecule has 0 radical (unpaired) electrons. The van der Waals surface area contributed by atoms with Crippen molar-refractivity contribution in [1.29, 1.82) is 0 Å². The average Bonchev–Trinajstić information content (AvgIpc) is 3.21. The number of aromatic nitrogens is 3. The second kappa shape index (κ2) is 5.70. The molecule has 0 bridgehead atoms. The van der Waals surface area contributed by atoms with Gasteiger partial charge in [0.1, 0.15) is 17.4 Å². The Balaban J connectivity index is 1.73. The van der Waals surface area contributed by atoms with E-state index in [1.807, 2.05) is 22.9 Å². The standard InChI is InChI=1S/C18H17FN4O/c1-11(2)23-16-9-13(5-8-15(16)21-22-23)18-17(20-10-24-18)12-3-6-14(19)7-4-12/h3-11,17-18H,1-2H3. The smallest absolute Gasteiger partial charge is 0.171 e. The first-order valence-corrected chi connectivity index (χ1v) is 7.91. The summed E-state index contributed by atoms with van der Waals surface area (Å²) in [7, 11) is 0. The second-order valence-electron chi connectivity index (χ2n) is 6.18. The van der Waals surface area contributed by atoms with Crippen molar-refractivity contribution in [1.82, 2.24) is 15.0 Å². The van der Waals surface area contributed by atoms with Crippen LogP contribution in [-0.2, 0) is 4.74 Å². The molecule has 2 aromatic carbocycles. The molecular weight excluding hydrogens is 307 g/mol. The zero-order valence-corrected chi connectivity index (χ0v) is 13.4. The van der Waals surface area contributed by atoms with Crippen LogP contribution in [0.3, 0.4) is 0 Å². The van der Waals surface area contributed by atoms with Crippen LogP contribution in [0.4, 0.5) is 4.39 Å². The SMILES string of the molecule is CC(C)n1nnc2ccc(C3OC=NC3c3ccc(F)cc3)cc21. The Labute approximate surface area is 138 Å². The van der Waals surface area contributed by atoms with Crippen LogP contribution < -0.4 is 0 Å². The van der Waals surface area contributed by atoms with Crippen LogP contribution in [0.5, 0.6) is 0 Å². The van der Waals surface area contributed by atoms with Crippen molar-refractivity contribution in [3.05, 3.63) is 59.4 Å². The molecule has 1 aliphatic heterocycles. The normalized spacial score (nSPS) is 20.0. The van der Waals surface area contributed by atoms with Gasteiger partial charge < -0.3 is 4.74 Å². The number of hydrogen-bond donors (Lipinski definition) is 0. The highest BCUT2D eigenvalue weighted by molar-refractivity contribution is 5.75. The van der Waals surface area contributed by atoms with E-state index >= 15 is 0 Å². The van der Waals surface area contributed by atoms with Gasteiger partial charge in [0.05, 0.1) is 5.52 Å². The van der Waals surface area contributed by atoms with Gasteiger partial charge >= 0.3 is 0 Å². The van der Waals surface area contributed by atoms with Crippen molar-refractivity contribution in [3.8, 4) is 0 Å². The van der Waals surface area contributed by atoms with Gasteiger partial charge in [0, 0.05) is 6.04 Å². The number of ether oxygens (including phenoxy) is 1. The van der Waals surface area contributed by atoms with Crippen LogP contribution in [-0.4, -0.2) is 21.4 Å². The van der Waals surface area contributed by atoms with E-state index in [1.54, 1.807) is 12.1 Å². The fraction of sp³-hybridized carbons (Fsp3) is 0.278. The van der Waals surface area contributed by atoms with Crippen LogP contribution >= 0.6 is 0 Å². The summed E-state index contributed by atoms with van der Waals surface area (Å²) in [6.45, 7) is 4.13. The highest BCUT2D eigenvalue weighted by atomic mass is 19.1. The van der Waals surface area contributed by atoms with E-state index in [1.165, 1.54) is 18.5 Å². The number of fused-ring (bicyclic) bond motifs is 1. The molecule has 2 heterocycles. The van der Waals surface area contributed by atoms with Crippen molar-refractivity contribution in [2.24, 2.45) is 4.99 Å². The molecule has 2 unspecified atom stereocenters. The Morgan fingerprint density at radius 3 is 2.58 bits per heavy atom. The summed E-state index contributed by atoms with van der Waals surface area (Å²) >= 11 is 0. The van der Waals surface area contributed by atoms with Crippen LogP contribution in [0.15, 0.2) is 47.5 Å². The lowest BCUT2D eigenvalue weighted by Crippen LogP contribution is -2.08. The molecule has 24 heavy (non-hydrogen) atoms. The Bertz CT molecular complexity index is 901. The number of aliphatic imine (C=N–C) groups is 1. The molecule has 5 nitrogen and oxygen atoms in total. The molecule has 0 spiro atoms. The Hall–Kier alpha value is -2.76. The van der Waals surface area contributed by atoms with E-state index in [0.717, 1.165) is 22.2 Å².